The smallest absolute Gasteiger partial charge is 0.380 e. The molecule has 0 saturated carbocycles. The Kier molecular flexibility index (Phi) is 6.26. The molecule has 1 fully saturated rings. The molecule has 13 heteroatoms. The molecule has 0 radical (unpaired) electrons. The zero-order valence-electron chi connectivity index (χ0n) is 19.8. The summed E-state index contributed by atoms with van der Waals surface area (Å²) >= 11 is 4.88. The minimum absolute atomic E-state index is 0.0458. The number of hydrogen-bond acceptors (Lipinski definition) is 7. The van der Waals surface area contributed by atoms with Crippen LogP contribution in [0.1, 0.15) is 18.7 Å². The third-order valence-electron chi connectivity index (χ3n) is 7.15. The molecule has 3 heterocycles. The number of fused-ring (bicyclic) bond motifs is 5. The van der Waals surface area contributed by atoms with Gasteiger partial charge in [0.2, 0.25) is 11.0 Å². The molecule has 1 spiro atoms. The lowest BCUT2D eigenvalue weighted by Crippen LogP contribution is -2.66. The Labute approximate surface area is 232 Å². The maximum Gasteiger partial charge on any atom is 0.380 e. The predicted octanol–water partition coefficient (Wildman–Crippen LogP) is 4.60. The third-order valence-corrected chi connectivity index (χ3v) is 10.9. The highest BCUT2D eigenvalue weighted by molar-refractivity contribution is 9.10. The van der Waals surface area contributed by atoms with Gasteiger partial charge in [0.25, 0.3) is 5.52 Å². The second-order valence-corrected chi connectivity index (χ2v) is 14.5. The summed E-state index contributed by atoms with van der Waals surface area (Å²) in [6.45, 7) is 0.677. The molecule has 9 nitrogen and oxygen atoms in total. The van der Waals surface area contributed by atoms with E-state index in [-0.39, 0.29) is 17.4 Å². The first-order chi connectivity index (χ1) is 18.0. The molecule has 1 aromatic heterocycles. The van der Waals surface area contributed by atoms with E-state index in [2.05, 4.69) is 15.9 Å². The first-order valence-corrected chi connectivity index (χ1v) is 16.5. The zero-order chi connectivity index (χ0) is 26.9. The van der Waals surface area contributed by atoms with Gasteiger partial charge in [-0.15, -0.1) is 0 Å². The Morgan fingerprint density at radius 2 is 1.95 bits per heavy atom. The molecule has 198 valence electrons. The van der Waals surface area contributed by atoms with Crippen LogP contribution in [0.2, 0.25) is 0 Å². The lowest BCUT2D eigenvalue weighted by atomic mass is 10.0. The fourth-order valence-corrected chi connectivity index (χ4v) is 8.92. The van der Waals surface area contributed by atoms with Gasteiger partial charge in [0, 0.05) is 28.1 Å². The van der Waals surface area contributed by atoms with Gasteiger partial charge < -0.3 is 8.97 Å². The molecule has 1 N–H and O–H groups in total. The molecule has 2 unspecified atom stereocenters. The Bertz CT molecular complexity index is 1870. The van der Waals surface area contributed by atoms with Crippen LogP contribution >= 0.6 is 27.7 Å². The second kappa shape index (κ2) is 9.15. The van der Waals surface area contributed by atoms with Crippen molar-refractivity contribution < 1.29 is 34.9 Å². The Hall–Kier alpha value is -2.26. The number of quaternary nitrogens is 1. The fraction of sp³-hybridized carbons (Fsp3) is 0.240. The van der Waals surface area contributed by atoms with E-state index < -0.39 is 31.4 Å². The summed E-state index contributed by atoms with van der Waals surface area (Å²) in [7, 11) is -8.78. The van der Waals surface area contributed by atoms with E-state index in [0.29, 0.717) is 35.0 Å². The maximum absolute atomic E-state index is 12.6. The largest absolute Gasteiger partial charge is 0.748 e. The number of halogens is 1. The van der Waals surface area contributed by atoms with Gasteiger partial charge in [0.1, 0.15) is 6.08 Å². The summed E-state index contributed by atoms with van der Waals surface area (Å²) in [6, 6.07) is 17.1. The number of aryl methyl sites for hydroxylation is 1. The highest BCUT2D eigenvalue weighted by Gasteiger charge is 2.62. The van der Waals surface area contributed by atoms with E-state index in [4.69, 9.17) is 4.42 Å². The molecule has 0 aliphatic carbocycles. The van der Waals surface area contributed by atoms with Crippen molar-refractivity contribution in [1.82, 2.24) is 4.48 Å². The Morgan fingerprint density at radius 1 is 1.16 bits per heavy atom. The number of hydrogen-bond donors (Lipinski definition) is 1. The molecule has 0 bridgehead atoms. The van der Waals surface area contributed by atoms with Crippen LogP contribution in [0.3, 0.4) is 0 Å². The van der Waals surface area contributed by atoms with Crippen LogP contribution in [0.15, 0.2) is 73.4 Å². The molecule has 4 aromatic rings. The van der Waals surface area contributed by atoms with Crippen LogP contribution in [-0.2, 0) is 26.8 Å². The predicted molar refractivity (Wildman–Crippen MR) is 148 cm³/mol. The first-order valence-electron chi connectivity index (χ1n) is 11.8. The number of oxazole rings is 1. The molecular formula is C25H22BrN2O7S3+. The van der Waals surface area contributed by atoms with E-state index in [9.17, 15) is 25.9 Å². The van der Waals surface area contributed by atoms with Gasteiger partial charge in [-0.2, -0.15) is 13.0 Å². The molecule has 1 saturated heterocycles. The molecule has 2 atom stereocenters. The van der Waals surface area contributed by atoms with Crippen LogP contribution in [0, 0.1) is 0 Å². The van der Waals surface area contributed by atoms with Crippen LogP contribution in [-0.4, -0.2) is 43.6 Å². The van der Waals surface area contributed by atoms with Crippen molar-refractivity contribution in [2.24, 2.45) is 0 Å². The number of aromatic nitrogens is 1. The van der Waals surface area contributed by atoms with Crippen molar-refractivity contribution in [1.29, 1.82) is 0 Å². The molecule has 2 aliphatic heterocycles. The van der Waals surface area contributed by atoms with Gasteiger partial charge in [0.15, 0.2) is 17.3 Å². The normalized spacial score (nSPS) is 22.4. The summed E-state index contributed by atoms with van der Waals surface area (Å²) in [6.07, 6.45) is 2.16. The fourth-order valence-electron chi connectivity index (χ4n) is 5.47. The monoisotopic (exact) mass is 637 g/mol. The quantitative estimate of drug-likeness (QED) is 0.184. The molecule has 2 aliphatic rings. The van der Waals surface area contributed by atoms with Gasteiger partial charge in [-0.1, -0.05) is 40.2 Å². The zero-order valence-corrected chi connectivity index (χ0v) is 23.8. The van der Waals surface area contributed by atoms with Crippen molar-refractivity contribution in [2.75, 3.05) is 12.3 Å². The first kappa shape index (κ1) is 26.0. The van der Waals surface area contributed by atoms with Gasteiger partial charge in [-0.05, 0) is 41.4 Å². The summed E-state index contributed by atoms with van der Waals surface area (Å²) < 4.78 is 77.8. The average Bonchev–Trinajstić information content (AvgIpc) is 3.33. The van der Waals surface area contributed by atoms with E-state index >= 15 is 0 Å². The summed E-state index contributed by atoms with van der Waals surface area (Å²) in [4.78, 5) is 0.895. The Balaban J connectivity index is 1.55. The van der Waals surface area contributed by atoms with Crippen LogP contribution in [0.4, 0.5) is 5.69 Å². The number of nitrogens with zero attached hydrogens (tertiary/aromatic N) is 2. The summed E-state index contributed by atoms with van der Waals surface area (Å²) in [5.74, 6) is -0.132. The van der Waals surface area contributed by atoms with Crippen molar-refractivity contribution >= 4 is 81.6 Å². The van der Waals surface area contributed by atoms with Gasteiger partial charge in [-0.25, -0.2) is 12.9 Å². The van der Waals surface area contributed by atoms with E-state index in [0.717, 1.165) is 25.8 Å². The third kappa shape index (κ3) is 4.30. The van der Waals surface area contributed by atoms with Crippen LogP contribution in [0.25, 0.3) is 27.9 Å². The van der Waals surface area contributed by atoms with Crippen LogP contribution < -0.4 is 9.05 Å². The minimum atomic E-state index is -4.39. The maximum atomic E-state index is 12.6. The summed E-state index contributed by atoms with van der Waals surface area (Å²) in [5.41, 5.74) is 2.08. The number of rotatable bonds is 6. The molecule has 0 amide bonds. The SMILES string of the molecule is O=S(=O)([O-])CCC[n+]1c(C=C2Sc3ccc4ccccc4c3[N+]23CCC3S(=O)(=O)O)oc2ccc(Br)cc21. The topological polar surface area (TPSA) is 129 Å². The minimum Gasteiger partial charge on any atom is -0.748 e. The van der Waals surface area contributed by atoms with Crippen molar-refractivity contribution in [3.05, 3.63) is 70.0 Å². The number of benzene rings is 3. The lowest BCUT2D eigenvalue weighted by molar-refractivity contribution is -0.677. The number of thioether (sulfide) groups is 1. The van der Waals surface area contributed by atoms with Crippen molar-refractivity contribution in [2.45, 2.75) is 29.7 Å². The van der Waals surface area contributed by atoms with E-state index in [1.54, 1.807) is 16.7 Å². The molecule has 38 heavy (non-hydrogen) atoms. The van der Waals surface area contributed by atoms with Gasteiger partial charge >= 0.3 is 16.0 Å². The van der Waals surface area contributed by atoms with Gasteiger partial charge in [-0.3, -0.25) is 4.55 Å². The molecule has 3 aromatic carbocycles. The Morgan fingerprint density at radius 3 is 2.66 bits per heavy atom. The second-order valence-electron chi connectivity index (χ2n) is 9.39. The van der Waals surface area contributed by atoms with Crippen LogP contribution in [0.5, 0.6) is 0 Å². The standard InChI is InChI=1S/C25H21BrN2O7S3/c26-17-7-8-20-19(14-17)27(11-3-13-37(29,30)31)22(35-20)15-23-28(12-10-24(28)38(32,33)34)25-18-5-2-1-4-16(18)6-9-21(25)36-23/h1-2,4-9,14-15,24H,3,10-13H2/p+1. The van der Waals surface area contributed by atoms with Crippen molar-refractivity contribution in [3.8, 4) is 0 Å². The van der Waals surface area contributed by atoms with Crippen molar-refractivity contribution in [3.63, 3.8) is 0 Å². The average molecular weight is 639 g/mol. The highest BCUT2D eigenvalue weighted by atomic mass is 79.9. The highest BCUT2D eigenvalue weighted by Crippen LogP contribution is 2.60. The van der Waals surface area contributed by atoms with Gasteiger partial charge in [0.05, 0.1) is 28.0 Å². The summed E-state index contributed by atoms with van der Waals surface area (Å²) in [5, 5.41) is 1.49. The molecular weight excluding hydrogens is 616 g/mol. The van der Waals surface area contributed by atoms with E-state index in [1.165, 1.54) is 11.8 Å². The lowest BCUT2D eigenvalue weighted by Gasteiger charge is -2.47. The molecule has 6 rings (SSSR count). The van der Waals surface area contributed by atoms with E-state index in [1.807, 2.05) is 48.5 Å².